The van der Waals surface area contributed by atoms with Crippen LogP contribution < -0.4 is 19.5 Å². The second-order valence-electron chi connectivity index (χ2n) is 7.51. The van der Waals surface area contributed by atoms with Crippen LogP contribution in [-0.4, -0.2) is 34.3 Å². The second-order valence-corrected chi connectivity index (χ2v) is 10.2. The van der Waals surface area contributed by atoms with Gasteiger partial charge in [0.1, 0.15) is 0 Å². The Morgan fingerprint density at radius 2 is 1.57 bits per heavy atom. The highest BCUT2D eigenvalue weighted by Crippen LogP contribution is 2.32. The molecule has 35 heavy (non-hydrogen) atoms. The number of methoxy groups -OCH3 is 2. The highest BCUT2D eigenvalue weighted by molar-refractivity contribution is 8.00. The fourth-order valence-electron chi connectivity index (χ4n) is 3.49. The second kappa shape index (κ2) is 10.7. The van der Waals surface area contributed by atoms with Gasteiger partial charge in [-0.25, -0.2) is 8.42 Å². The number of nitrogens with one attached hydrogen (secondary N) is 2. The molecule has 0 bridgehead atoms. The fourth-order valence-corrected chi connectivity index (χ4v) is 5.29. The molecule has 0 heterocycles. The number of carbonyl (C=O) groups is 1. The van der Waals surface area contributed by atoms with Gasteiger partial charge in [0, 0.05) is 16.0 Å². The number of carbonyl (C=O) groups excluding carboxylic acids is 1. The largest absolute Gasteiger partial charge is 0.493 e. The van der Waals surface area contributed by atoms with Crippen LogP contribution in [0.5, 0.6) is 11.5 Å². The standard InChI is InChI=1S/C26H24N2O5S2/c1-32-24-15-12-20(16-25(24)33-2)34-17-26(29)27-19-10-13-21(14-11-19)35(30,31)28-23-9-5-7-18-6-3-4-8-22(18)23/h3-16,28H,17H2,1-2H3,(H,27,29). The molecule has 0 saturated heterocycles. The minimum atomic E-state index is -3.80. The van der Waals surface area contributed by atoms with Gasteiger partial charge < -0.3 is 14.8 Å². The molecule has 4 aromatic rings. The number of thioether (sulfide) groups is 1. The first-order valence-corrected chi connectivity index (χ1v) is 13.1. The normalized spacial score (nSPS) is 11.1. The van der Waals surface area contributed by atoms with Gasteiger partial charge in [0.25, 0.3) is 10.0 Å². The van der Waals surface area contributed by atoms with E-state index in [-0.39, 0.29) is 16.6 Å². The van der Waals surface area contributed by atoms with Crippen molar-refractivity contribution >= 4 is 49.8 Å². The van der Waals surface area contributed by atoms with E-state index in [1.165, 1.54) is 23.9 Å². The Hall–Kier alpha value is -3.69. The molecule has 0 radical (unpaired) electrons. The Bertz CT molecular complexity index is 1450. The number of anilines is 2. The van der Waals surface area contributed by atoms with Gasteiger partial charge >= 0.3 is 0 Å². The van der Waals surface area contributed by atoms with Gasteiger partial charge in [0.05, 0.1) is 30.6 Å². The van der Waals surface area contributed by atoms with E-state index in [1.54, 1.807) is 50.6 Å². The first-order valence-electron chi connectivity index (χ1n) is 10.6. The molecular weight excluding hydrogens is 484 g/mol. The quantitative estimate of drug-likeness (QED) is 0.295. The van der Waals surface area contributed by atoms with Crippen molar-refractivity contribution in [3.8, 4) is 11.5 Å². The van der Waals surface area contributed by atoms with Crippen LogP contribution in [0.4, 0.5) is 11.4 Å². The third kappa shape index (κ3) is 5.87. The molecule has 9 heteroatoms. The van der Waals surface area contributed by atoms with E-state index < -0.39 is 10.0 Å². The molecule has 7 nitrogen and oxygen atoms in total. The summed E-state index contributed by atoms with van der Waals surface area (Å²) in [6.45, 7) is 0. The van der Waals surface area contributed by atoms with E-state index in [2.05, 4.69) is 10.0 Å². The number of rotatable bonds is 9. The Morgan fingerprint density at radius 3 is 2.31 bits per heavy atom. The summed E-state index contributed by atoms with van der Waals surface area (Å²) in [5.41, 5.74) is 1.01. The van der Waals surface area contributed by atoms with Gasteiger partial charge in [0.15, 0.2) is 11.5 Å². The summed E-state index contributed by atoms with van der Waals surface area (Å²) >= 11 is 1.35. The molecule has 1 amide bonds. The number of amides is 1. The van der Waals surface area contributed by atoms with Gasteiger partial charge in [0.2, 0.25) is 5.91 Å². The van der Waals surface area contributed by atoms with Crippen LogP contribution >= 0.6 is 11.8 Å². The number of sulfonamides is 1. The molecule has 4 aromatic carbocycles. The SMILES string of the molecule is COc1ccc(SCC(=O)Nc2ccc(S(=O)(=O)Nc3cccc4ccccc34)cc2)cc1OC. The third-order valence-corrected chi connectivity index (χ3v) is 7.58. The number of benzene rings is 4. The van der Waals surface area contributed by atoms with Crippen molar-refractivity contribution < 1.29 is 22.7 Å². The van der Waals surface area contributed by atoms with Crippen molar-refractivity contribution in [1.82, 2.24) is 0 Å². The summed E-state index contributed by atoms with van der Waals surface area (Å²) in [7, 11) is -0.678. The van der Waals surface area contributed by atoms with Crippen molar-refractivity contribution in [3.05, 3.63) is 84.9 Å². The molecule has 2 N–H and O–H groups in total. The first-order chi connectivity index (χ1) is 16.9. The zero-order chi connectivity index (χ0) is 24.8. The maximum Gasteiger partial charge on any atom is 0.261 e. The summed E-state index contributed by atoms with van der Waals surface area (Å²) < 4.78 is 39.0. The van der Waals surface area contributed by atoms with Gasteiger partial charge in [-0.1, -0.05) is 36.4 Å². The van der Waals surface area contributed by atoms with E-state index in [0.717, 1.165) is 15.7 Å². The summed E-state index contributed by atoms with van der Waals surface area (Å²) in [5.74, 6) is 1.17. The third-order valence-electron chi connectivity index (χ3n) is 5.21. The fraction of sp³-hybridized carbons (Fsp3) is 0.115. The molecule has 0 atom stereocenters. The monoisotopic (exact) mass is 508 g/mol. The zero-order valence-corrected chi connectivity index (χ0v) is 20.8. The van der Waals surface area contributed by atoms with E-state index >= 15 is 0 Å². The minimum Gasteiger partial charge on any atom is -0.493 e. The topological polar surface area (TPSA) is 93.7 Å². The average molecular weight is 509 g/mol. The van der Waals surface area contributed by atoms with Gasteiger partial charge in [-0.3, -0.25) is 9.52 Å². The number of hydrogen-bond donors (Lipinski definition) is 2. The van der Waals surface area contributed by atoms with Gasteiger partial charge in [-0.15, -0.1) is 11.8 Å². The van der Waals surface area contributed by atoms with E-state index in [0.29, 0.717) is 22.9 Å². The van der Waals surface area contributed by atoms with Crippen LogP contribution in [0.25, 0.3) is 10.8 Å². The van der Waals surface area contributed by atoms with Gasteiger partial charge in [-0.05, 0) is 53.9 Å². The van der Waals surface area contributed by atoms with Crippen LogP contribution in [-0.2, 0) is 14.8 Å². The summed E-state index contributed by atoms with van der Waals surface area (Å²) in [6.07, 6.45) is 0. The van der Waals surface area contributed by atoms with Crippen LogP contribution in [0.2, 0.25) is 0 Å². The van der Waals surface area contributed by atoms with E-state index in [9.17, 15) is 13.2 Å². The first kappa shape index (κ1) is 24.4. The molecule has 0 spiro atoms. The number of hydrogen-bond acceptors (Lipinski definition) is 6. The smallest absolute Gasteiger partial charge is 0.261 e. The molecule has 0 fully saturated rings. The molecule has 0 aliphatic rings. The molecule has 0 aliphatic heterocycles. The summed E-state index contributed by atoms with van der Waals surface area (Å²) in [6, 6.07) is 24.5. The maximum atomic E-state index is 12.9. The summed E-state index contributed by atoms with van der Waals surface area (Å²) in [4.78, 5) is 13.4. The molecule has 180 valence electrons. The number of fused-ring (bicyclic) bond motifs is 1. The molecular formula is C26H24N2O5S2. The Morgan fingerprint density at radius 1 is 0.857 bits per heavy atom. The van der Waals surface area contributed by atoms with E-state index in [4.69, 9.17) is 9.47 Å². The van der Waals surface area contributed by atoms with Crippen molar-refractivity contribution in [1.29, 1.82) is 0 Å². The van der Waals surface area contributed by atoms with E-state index in [1.807, 2.05) is 36.4 Å². The molecule has 0 unspecified atom stereocenters. The van der Waals surface area contributed by atoms with Crippen LogP contribution in [0, 0.1) is 0 Å². The van der Waals surface area contributed by atoms with Crippen LogP contribution in [0.1, 0.15) is 0 Å². The van der Waals surface area contributed by atoms with Crippen LogP contribution in [0.3, 0.4) is 0 Å². The van der Waals surface area contributed by atoms with Crippen molar-refractivity contribution in [3.63, 3.8) is 0 Å². The summed E-state index contributed by atoms with van der Waals surface area (Å²) in [5, 5.41) is 4.54. The van der Waals surface area contributed by atoms with Crippen molar-refractivity contribution in [2.75, 3.05) is 30.0 Å². The Kier molecular flexibility index (Phi) is 7.48. The molecule has 4 rings (SSSR count). The lowest BCUT2D eigenvalue weighted by Gasteiger charge is -2.12. The van der Waals surface area contributed by atoms with Crippen molar-refractivity contribution in [2.24, 2.45) is 0 Å². The van der Waals surface area contributed by atoms with Crippen LogP contribution in [0.15, 0.2) is 94.7 Å². The minimum absolute atomic E-state index is 0.100. The lowest BCUT2D eigenvalue weighted by molar-refractivity contribution is -0.113. The lowest BCUT2D eigenvalue weighted by atomic mass is 10.1. The lowest BCUT2D eigenvalue weighted by Crippen LogP contribution is -2.15. The Labute approximate surface area is 208 Å². The Balaban J connectivity index is 1.39. The predicted octanol–water partition coefficient (Wildman–Crippen LogP) is 5.39. The van der Waals surface area contributed by atoms with Gasteiger partial charge in [-0.2, -0.15) is 0 Å². The molecule has 0 aliphatic carbocycles. The highest BCUT2D eigenvalue weighted by atomic mass is 32.2. The molecule has 0 aromatic heterocycles. The zero-order valence-electron chi connectivity index (χ0n) is 19.1. The number of ether oxygens (including phenoxy) is 2. The average Bonchev–Trinajstić information content (AvgIpc) is 2.87. The maximum absolute atomic E-state index is 12.9. The predicted molar refractivity (Wildman–Crippen MR) is 140 cm³/mol. The van der Waals surface area contributed by atoms with Crippen molar-refractivity contribution in [2.45, 2.75) is 9.79 Å². The molecule has 0 saturated carbocycles. The highest BCUT2D eigenvalue weighted by Gasteiger charge is 2.16.